The Hall–Kier alpha value is -3.02. The first kappa shape index (κ1) is 17.4. The molecule has 0 spiro atoms. The second-order valence-electron chi connectivity index (χ2n) is 6.79. The standard InChI is InChI=1S/C21H23N3O3/c1-26-16-11-14(12-17(13-16)27-2)20(25)23-21-22-18-9-5-6-10-19(18)24(21)15-7-3-4-8-15/h5-6,9-13,15H,3-4,7-8H2,1-2H3,(H,22,23,25). The highest BCUT2D eigenvalue weighted by Gasteiger charge is 2.24. The van der Waals surface area contributed by atoms with Crippen molar-refractivity contribution in [3.63, 3.8) is 0 Å². The van der Waals surface area contributed by atoms with E-state index in [1.54, 1.807) is 32.4 Å². The Morgan fingerprint density at radius 2 is 1.74 bits per heavy atom. The lowest BCUT2D eigenvalue weighted by Gasteiger charge is -2.17. The maximum atomic E-state index is 12.9. The summed E-state index contributed by atoms with van der Waals surface area (Å²) in [5.74, 6) is 1.50. The molecule has 6 heteroatoms. The van der Waals surface area contributed by atoms with E-state index in [1.165, 1.54) is 12.8 Å². The number of carbonyl (C=O) groups is 1. The number of methoxy groups -OCH3 is 2. The summed E-state index contributed by atoms with van der Waals surface area (Å²) in [6.45, 7) is 0. The number of imidazole rings is 1. The third kappa shape index (κ3) is 3.35. The van der Waals surface area contributed by atoms with Gasteiger partial charge in [-0.3, -0.25) is 10.1 Å². The van der Waals surface area contributed by atoms with Gasteiger partial charge in [0.2, 0.25) is 5.95 Å². The van der Waals surface area contributed by atoms with E-state index in [4.69, 9.17) is 9.47 Å². The summed E-state index contributed by atoms with van der Waals surface area (Å²) in [4.78, 5) is 17.6. The number of nitrogens with zero attached hydrogens (tertiary/aromatic N) is 2. The second-order valence-corrected chi connectivity index (χ2v) is 6.79. The fraction of sp³-hybridized carbons (Fsp3) is 0.333. The predicted octanol–water partition coefficient (Wildman–Crippen LogP) is 4.42. The van der Waals surface area contributed by atoms with Gasteiger partial charge in [0.1, 0.15) is 11.5 Å². The van der Waals surface area contributed by atoms with E-state index < -0.39 is 0 Å². The number of aromatic nitrogens is 2. The molecular formula is C21H23N3O3. The lowest BCUT2D eigenvalue weighted by Crippen LogP contribution is -2.18. The molecule has 6 nitrogen and oxygen atoms in total. The molecule has 0 atom stereocenters. The third-order valence-corrected chi connectivity index (χ3v) is 5.12. The minimum absolute atomic E-state index is 0.234. The van der Waals surface area contributed by atoms with Crippen LogP contribution in [0.3, 0.4) is 0 Å². The van der Waals surface area contributed by atoms with Crippen molar-refractivity contribution in [2.45, 2.75) is 31.7 Å². The molecule has 2 aromatic carbocycles. The zero-order valence-corrected chi connectivity index (χ0v) is 15.6. The van der Waals surface area contributed by atoms with Crippen LogP contribution in [0.4, 0.5) is 5.95 Å². The number of benzene rings is 2. The highest BCUT2D eigenvalue weighted by molar-refractivity contribution is 6.04. The molecule has 1 fully saturated rings. The molecule has 3 aromatic rings. The lowest BCUT2D eigenvalue weighted by atomic mass is 10.2. The SMILES string of the molecule is COc1cc(OC)cc(C(=O)Nc2nc3ccccc3n2C2CCCC2)c1. The van der Waals surface area contributed by atoms with Gasteiger partial charge in [0.05, 0.1) is 25.3 Å². The van der Waals surface area contributed by atoms with Crippen LogP contribution in [0.2, 0.25) is 0 Å². The minimum atomic E-state index is -0.234. The Morgan fingerprint density at radius 1 is 1.07 bits per heavy atom. The average molecular weight is 365 g/mol. The largest absolute Gasteiger partial charge is 0.497 e. The number of hydrogen-bond acceptors (Lipinski definition) is 4. The zero-order chi connectivity index (χ0) is 18.8. The van der Waals surface area contributed by atoms with E-state index in [2.05, 4.69) is 20.9 Å². The van der Waals surface area contributed by atoms with Crippen LogP contribution in [0.1, 0.15) is 42.1 Å². The Labute approximate surface area is 158 Å². The van der Waals surface area contributed by atoms with Gasteiger partial charge in [-0.2, -0.15) is 0 Å². The van der Waals surface area contributed by atoms with Crippen LogP contribution >= 0.6 is 0 Å². The van der Waals surface area contributed by atoms with E-state index in [-0.39, 0.29) is 5.91 Å². The number of amides is 1. The normalized spacial score (nSPS) is 14.4. The van der Waals surface area contributed by atoms with Gasteiger partial charge in [0.25, 0.3) is 5.91 Å². The topological polar surface area (TPSA) is 65.4 Å². The molecule has 140 valence electrons. The van der Waals surface area contributed by atoms with Crippen LogP contribution in [-0.4, -0.2) is 29.7 Å². The number of carbonyl (C=O) groups excluding carboxylic acids is 1. The van der Waals surface area contributed by atoms with Crippen LogP contribution in [0, 0.1) is 0 Å². The molecule has 0 unspecified atom stereocenters. The zero-order valence-electron chi connectivity index (χ0n) is 15.6. The number of fused-ring (bicyclic) bond motifs is 1. The molecule has 1 amide bonds. The van der Waals surface area contributed by atoms with Crippen LogP contribution in [0.5, 0.6) is 11.5 Å². The number of ether oxygens (including phenoxy) is 2. The van der Waals surface area contributed by atoms with Gasteiger partial charge in [0, 0.05) is 17.7 Å². The predicted molar refractivity (Wildman–Crippen MR) is 105 cm³/mol. The van der Waals surface area contributed by atoms with Crippen LogP contribution in [-0.2, 0) is 0 Å². The first-order valence-corrected chi connectivity index (χ1v) is 9.21. The van der Waals surface area contributed by atoms with Gasteiger partial charge >= 0.3 is 0 Å². The average Bonchev–Trinajstić information content (AvgIpc) is 3.34. The smallest absolute Gasteiger partial charge is 0.258 e. The fourth-order valence-electron chi connectivity index (χ4n) is 3.78. The maximum absolute atomic E-state index is 12.9. The molecule has 1 aliphatic rings. The first-order valence-electron chi connectivity index (χ1n) is 9.21. The van der Waals surface area contributed by atoms with E-state index >= 15 is 0 Å². The van der Waals surface area contributed by atoms with Crippen LogP contribution in [0.15, 0.2) is 42.5 Å². The second kappa shape index (κ2) is 7.31. The van der Waals surface area contributed by atoms with Gasteiger partial charge in [-0.05, 0) is 37.1 Å². The summed E-state index contributed by atoms with van der Waals surface area (Å²) in [6, 6.07) is 13.5. The van der Waals surface area contributed by atoms with Crippen molar-refractivity contribution in [1.29, 1.82) is 0 Å². The molecule has 1 aliphatic carbocycles. The Kier molecular flexibility index (Phi) is 4.71. The highest BCUT2D eigenvalue weighted by atomic mass is 16.5. The molecule has 4 rings (SSSR count). The summed E-state index contributed by atoms with van der Waals surface area (Å²) >= 11 is 0. The molecule has 1 saturated carbocycles. The number of rotatable bonds is 5. The molecule has 27 heavy (non-hydrogen) atoms. The Morgan fingerprint density at radius 3 is 2.41 bits per heavy atom. The fourth-order valence-corrected chi connectivity index (χ4v) is 3.78. The molecule has 1 N–H and O–H groups in total. The summed E-state index contributed by atoms with van der Waals surface area (Å²) in [5, 5.41) is 3.00. The summed E-state index contributed by atoms with van der Waals surface area (Å²) in [7, 11) is 3.13. The minimum Gasteiger partial charge on any atom is -0.497 e. The molecule has 0 saturated heterocycles. The van der Waals surface area contributed by atoms with E-state index in [0.717, 1.165) is 23.9 Å². The molecule has 0 aliphatic heterocycles. The lowest BCUT2D eigenvalue weighted by molar-refractivity contribution is 0.102. The van der Waals surface area contributed by atoms with Crippen molar-refractivity contribution in [2.75, 3.05) is 19.5 Å². The van der Waals surface area contributed by atoms with Crippen LogP contribution < -0.4 is 14.8 Å². The molecule has 1 aromatic heterocycles. The van der Waals surface area contributed by atoms with Gasteiger partial charge in [-0.1, -0.05) is 25.0 Å². The summed E-state index contributed by atoms with van der Waals surface area (Å²) in [5.41, 5.74) is 2.42. The molecule has 0 radical (unpaired) electrons. The van der Waals surface area contributed by atoms with Crippen molar-refractivity contribution < 1.29 is 14.3 Å². The highest BCUT2D eigenvalue weighted by Crippen LogP contribution is 2.35. The van der Waals surface area contributed by atoms with Crippen molar-refractivity contribution in [2.24, 2.45) is 0 Å². The number of anilines is 1. The molecule has 1 heterocycles. The van der Waals surface area contributed by atoms with Crippen molar-refractivity contribution in [1.82, 2.24) is 9.55 Å². The maximum Gasteiger partial charge on any atom is 0.258 e. The summed E-state index contributed by atoms with van der Waals surface area (Å²) in [6.07, 6.45) is 4.63. The number of nitrogens with one attached hydrogen (secondary N) is 1. The molecular weight excluding hydrogens is 342 g/mol. The monoisotopic (exact) mass is 365 g/mol. The van der Waals surface area contributed by atoms with Crippen molar-refractivity contribution >= 4 is 22.9 Å². The Bertz CT molecular complexity index is 952. The third-order valence-electron chi connectivity index (χ3n) is 5.12. The van der Waals surface area contributed by atoms with Crippen molar-refractivity contribution in [3.05, 3.63) is 48.0 Å². The van der Waals surface area contributed by atoms with E-state index in [1.807, 2.05) is 18.2 Å². The van der Waals surface area contributed by atoms with E-state index in [9.17, 15) is 4.79 Å². The first-order chi connectivity index (χ1) is 13.2. The quantitative estimate of drug-likeness (QED) is 0.727. The van der Waals surface area contributed by atoms with Gasteiger partial charge in [0.15, 0.2) is 0 Å². The van der Waals surface area contributed by atoms with Gasteiger partial charge < -0.3 is 14.0 Å². The number of hydrogen-bond donors (Lipinski definition) is 1. The van der Waals surface area contributed by atoms with Crippen LogP contribution in [0.25, 0.3) is 11.0 Å². The van der Waals surface area contributed by atoms with Crippen molar-refractivity contribution in [3.8, 4) is 11.5 Å². The van der Waals surface area contributed by atoms with E-state index in [0.29, 0.717) is 29.1 Å². The molecule has 0 bridgehead atoms. The summed E-state index contributed by atoms with van der Waals surface area (Å²) < 4.78 is 12.7. The Balaban J connectivity index is 1.71. The van der Waals surface area contributed by atoms with Gasteiger partial charge in [-0.15, -0.1) is 0 Å². The van der Waals surface area contributed by atoms with Gasteiger partial charge in [-0.25, -0.2) is 4.98 Å². The number of para-hydroxylation sites is 2.